The van der Waals surface area contributed by atoms with E-state index in [2.05, 4.69) is 4.98 Å². The molecule has 0 unspecified atom stereocenters. The fraction of sp³-hybridized carbons (Fsp3) is 0.0526. The van der Waals surface area contributed by atoms with Gasteiger partial charge in [-0.1, -0.05) is 42.5 Å². The van der Waals surface area contributed by atoms with Crippen molar-refractivity contribution in [3.8, 4) is 0 Å². The first-order valence-corrected chi connectivity index (χ1v) is 8.16. The summed E-state index contributed by atoms with van der Waals surface area (Å²) in [5.41, 5.74) is 2.63. The molecule has 0 N–H and O–H groups in total. The highest BCUT2D eigenvalue weighted by atomic mass is 32.2. The lowest BCUT2D eigenvalue weighted by molar-refractivity contribution is 0.108. The maximum Gasteiger partial charge on any atom is 0.227 e. The van der Waals surface area contributed by atoms with Crippen molar-refractivity contribution in [3.05, 3.63) is 72.3 Å². The number of para-hydroxylation sites is 2. The molecule has 0 saturated carbocycles. The van der Waals surface area contributed by atoms with Crippen molar-refractivity contribution in [2.75, 3.05) is 0 Å². The van der Waals surface area contributed by atoms with E-state index in [0.717, 1.165) is 21.8 Å². The third-order valence-corrected chi connectivity index (χ3v) is 4.88. The Labute approximate surface area is 138 Å². The minimum atomic E-state index is 0.00848. The van der Waals surface area contributed by atoms with Crippen molar-refractivity contribution in [3.63, 3.8) is 0 Å². The summed E-state index contributed by atoms with van der Waals surface area (Å²) in [7, 11) is 1.94. The summed E-state index contributed by atoms with van der Waals surface area (Å²) >= 11 is 1.17. The molecule has 0 bridgehead atoms. The van der Waals surface area contributed by atoms with Crippen molar-refractivity contribution >= 4 is 38.7 Å². The molecule has 0 fully saturated rings. The summed E-state index contributed by atoms with van der Waals surface area (Å²) in [6, 6.07) is 21.7. The quantitative estimate of drug-likeness (QED) is 0.504. The average Bonchev–Trinajstić information content (AvgIpc) is 2.91. The molecule has 3 aromatic carbocycles. The number of nitrogens with zero attached hydrogens (tertiary/aromatic N) is 2. The average molecular weight is 318 g/mol. The van der Waals surface area contributed by atoms with Crippen LogP contribution < -0.4 is 0 Å². The largest absolute Gasteiger partial charge is 0.322 e. The van der Waals surface area contributed by atoms with Crippen molar-refractivity contribution in [2.45, 2.75) is 5.16 Å². The molecule has 112 valence electrons. The summed E-state index contributed by atoms with van der Waals surface area (Å²) in [5.74, 6) is 0. The van der Waals surface area contributed by atoms with Crippen LogP contribution >= 0.6 is 11.8 Å². The predicted octanol–water partition coefficient (Wildman–Crippen LogP) is 4.66. The number of fused-ring (bicyclic) bond motifs is 2. The van der Waals surface area contributed by atoms with E-state index in [1.807, 2.05) is 78.3 Å². The third kappa shape index (κ3) is 2.51. The van der Waals surface area contributed by atoms with E-state index in [1.54, 1.807) is 0 Å². The van der Waals surface area contributed by atoms with Crippen molar-refractivity contribution < 1.29 is 4.79 Å². The number of carbonyl (C=O) groups excluding carboxylic acids is 1. The fourth-order valence-corrected chi connectivity index (χ4v) is 3.46. The number of thioether (sulfide) groups is 1. The molecule has 0 aliphatic carbocycles. The lowest BCUT2D eigenvalue weighted by Crippen LogP contribution is -1.97. The zero-order chi connectivity index (χ0) is 15.8. The van der Waals surface area contributed by atoms with E-state index in [9.17, 15) is 4.79 Å². The van der Waals surface area contributed by atoms with Crippen LogP contribution in [-0.2, 0) is 7.05 Å². The molecule has 0 aliphatic rings. The van der Waals surface area contributed by atoms with Gasteiger partial charge in [0.1, 0.15) is 0 Å². The summed E-state index contributed by atoms with van der Waals surface area (Å²) in [6.07, 6.45) is 0. The SMILES string of the molecule is Cn1c(SC(=O)c2ccc3ccccc3c2)nc2ccccc21. The molecule has 1 heterocycles. The molecule has 4 rings (SSSR count). The number of benzene rings is 3. The Morgan fingerprint density at radius 3 is 2.52 bits per heavy atom. The minimum Gasteiger partial charge on any atom is -0.322 e. The molecule has 0 atom stereocenters. The third-order valence-electron chi connectivity index (χ3n) is 3.92. The summed E-state index contributed by atoms with van der Waals surface area (Å²) < 4.78 is 1.96. The van der Waals surface area contributed by atoms with Crippen LogP contribution in [-0.4, -0.2) is 14.7 Å². The molecular formula is C19H14N2OS. The first-order chi connectivity index (χ1) is 11.2. The van der Waals surface area contributed by atoms with Crippen LogP contribution in [0.5, 0.6) is 0 Å². The smallest absolute Gasteiger partial charge is 0.227 e. The Kier molecular flexibility index (Phi) is 3.39. The Morgan fingerprint density at radius 2 is 1.70 bits per heavy atom. The second-order valence-corrected chi connectivity index (χ2v) is 6.33. The van der Waals surface area contributed by atoms with Crippen molar-refractivity contribution in [1.82, 2.24) is 9.55 Å². The Morgan fingerprint density at radius 1 is 0.957 bits per heavy atom. The molecule has 1 aromatic heterocycles. The molecule has 3 nitrogen and oxygen atoms in total. The monoisotopic (exact) mass is 318 g/mol. The highest BCUT2D eigenvalue weighted by Crippen LogP contribution is 2.27. The Bertz CT molecular complexity index is 1040. The minimum absolute atomic E-state index is 0.00848. The molecule has 0 radical (unpaired) electrons. The maximum absolute atomic E-state index is 12.6. The topological polar surface area (TPSA) is 34.9 Å². The molecule has 4 heteroatoms. The zero-order valence-corrected chi connectivity index (χ0v) is 13.4. The van der Waals surface area contributed by atoms with Crippen LogP contribution in [0.25, 0.3) is 21.8 Å². The van der Waals surface area contributed by atoms with Crippen molar-refractivity contribution in [2.24, 2.45) is 7.05 Å². The van der Waals surface area contributed by atoms with Gasteiger partial charge in [0.2, 0.25) is 5.12 Å². The second-order valence-electron chi connectivity index (χ2n) is 5.39. The van der Waals surface area contributed by atoms with Gasteiger partial charge in [-0.15, -0.1) is 0 Å². The van der Waals surface area contributed by atoms with E-state index in [0.29, 0.717) is 10.7 Å². The number of rotatable bonds is 2. The van der Waals surface area contributed by atoms with Crippen molar-refractivity contribution in [1.29, 1.82) is 0 Å². The van der Waals surface area contributed by atoms with Gasteiger partial charge in [-0.2, -0.15) is 0 Å². The van der Waals surface area contributed by atoms with Crippen LogP contribution in [0.4, 0.5) is 0 Å². The normalized spacial score (nSPS) is 11.2. The number of aromatic nitrogens is 2. The van der Waals surface area contributed by atoms with Gasteiger partial charge in [-0.05, 0) is 46.8 Å². The lowest BCUT2D eigenvalue weighted by Gasteiger charge is -2.03. The zero-order valence-electron chi connectivity index (χ0n) is 12.6. The number of imidazole rings is 1. The Hall–Kier alpha value is -2.59. The van der Waals surface area contributed by atoms with Crippen LogP contribution in [0.1, 0.15) is 10.4 Å². The second kappa shape index (κ2) is 5.56. The molecule has 0 aliphatic heterocycles. The lowest BCUT2D eigenvalue weighted by atomic mass is 10.1. The molecule has 4 aromatic rings. The van der Waals surface area contributed by atoms with Gasteiger partial charge in [0, 0.05) is 12.6 Å². The number of aryl methyl sites for hydroxylation is 1. The highest BCUT2D eigenvalue weighted by Gasteiger charge is 2.14. The molecular weight excluding hydrogens is 304 g/mol. The standard InChI is InChI=1S/C19H14N2OS/c1-21-17-9-5-4-8-16(17)20-19(21)23-18(22)15-11-10-13-6-2-3-7-14(13)12-15/h2-12H,1H3. The maximum atomic E-state index is 12.6. The van der Waals surface area contributed by atoms with Gasteiger partial charge in [0.05, 0.1) is 11.0 Å². The van der Waals surface area contributed by atoms with Gasteiger partial charge in [-0.3, -0.25) is 4.79 Å². The van der Waals surface area contributed by atoms with Crippen LogP contribution in [0.2, 0.25) is 0 Å². The van der Waals surface area contributed by atoms with E-state index in [4.69, 9.17) is 0 Å². The van der Waals surface area contributed by atoms with Gasteiger partial charge >= 0.3 is 0 Å². The molecule has 0 saturated heterocycles. The molecule has 0 spiro atoms. The van der Waals surface area contributed by atoms with E-state index in [-0.39, 0.29) is 5.12 Å². The van der Waals surface area contributed by atoms with Crippen LogP contribution in [0, 0.1) is 0 Å². The number of hydrogen-bond acceptors (Lipinski definition) is 3. The van der Waals surface area contributed by atoms with Gasteiger partial charge < -0.3 is 4.57 Å². The molecule has 23 heavy (non-hydrogen) atoms. The van der Waals surface area contributed by atoms with E-state index in [1.165, 1.54) is 11.8 Å². The number of carbonyl (C=O) groups is 1. The van der Waals surface area contributed by atoms with E-state index < -0.39 is 0 Å². The van der Waals surface area contributed by atoms with Crippen LogP contribution in [0.3, 0.4) is 0 Å². The van der Waals surface area contributed by atoms with E-state index >= 15 is 0 Å². The van der Waals surface area contributed by atoms with Gasteiger partial charge in [-0.25, -0.2) is 4.98 Å². The molecule has 0 amide bonds. The van der Waals surface area contributed by atoms with Gasteiger partial charge in [0.15, 0.2) is 5.16 Å². The van der Waals surface area contributed by atoms with Crippen LogP contribution in [0.15, 0.2) is 71.9 Å². The fourth-order valence-electron chi connectivity index (χ4n) is 2.67. The van der Waals surface area contributed by atoms with Gasteiger partial charge in [0.25, 0.3) is 0 Å². The first-order valence-electron chi connectivity index (χ1n) is 7.35. The summed E-state index contributed by atoms with van der Waals surface area (Å²) in [5, 5.41) is 2.93. The first kappa shape index (κ1) is 14.0. The summed E-state index contributed by atoms with van der Waals surface area (Å²) in [6.45, 7) is 0. The predicted molar refractivity (Wildman–Crippen MR) is 94.8 cm³/mol. The summed E-state index contributed by atoms with van der Waals surface area (Å²) in [4.78, 5) is 17.1. The highest BCUT2D eigenvalue weighted by molar-refractivity contribution is 8.14. The Balaban J connectivity index is 1.69. The number of hydrogen-bond donors (Lipinski definition) is 0.